The van der Waals surface area contributed by atoms with Crippen LogP contribution in [0.15, 0.2) is 24.3 Å². The third-order valence-corrected chi connectivity index (χ3v) is 4.84. The number of nitrogens with zero attached hydrogens (tertiary/aromatic N) is 5. The Kier molecular flexibility index (Phi) is 3.87. The largest absolute Gasteiger partial charge is 0.382 e. The van der Waals surface area contributed by atoms with Crippen molar-refractivity contribution in [1.82, 2.24) is 30.5 Å². The van der Waals surface area contributed by atoms with Crippen LogP contribution in [0.1, 0.15) is 34.7 Å². The number of carbonyl (C=O) groups excluding carboxylic acids is 1. The van der Waals surface area contributed by atoms with Gasteiger partial charge in [0.2, 0.25) is 5.82 Å². The summed E-state index contributed by atoms with van der Waals surface area (Å²) in [7, 11) is 0. The standard InChI is InChI=1S/C17H17FN6O2/c1-10-13(8-11-2-3-12(18)9-14(11)19-10)15(25)24-6-4-17(26,5-7-24)16-20-22-23-21-16/h2-3,8-9,26H,4-7H2,1H3,(H,20,21,22,23). The van der Waals surface area contributed by atoms with Crippen LogP contribution >= 0.6 is 0 Å². The first-order valence-corrected chi connectivity index (χ1v) is 8.29. The van der Waals surface area contributed by atoms with Gasteiger partial charge in [0.1, 0.15) is 11.4 Å². The van der Waals surface area contributed by atoms with Gasteiger partial charge < -0.3 is 10.0 Å². The second-order valence-electron chi connectivity index (χ2n) is 6.52. The Morgan fingerprint density at radius 2 is 2.08 bits per heavy atom. The summed E-state index contributed by atoms with van der Waals surface area (Å²) in [5.74, 6) is -0.271. The number of aromatic nitrogens is 5. The number of carbonyl (C=O) groups is 1. The number of nitrogens with one attached hydrogen (secondary N) is 1. The highest BCUT2D eigenvalue weighted by atomic mass is 19.1. The molecule has 1 amide bonds. The number of H-pyrrole nitrogens is 1. The first kappa shape index (κ1) is 16.5. The third kappa shape index (κ3) is 2.80. The second-order valence-corrected chi connectivity index (χ2v) is 6.52. The van der Waals surface area contributed by atoms with E-state index in [1.54, 1.807) is 24.0 Å². The fraction of sp³-hybridized carbons (Fsp3) is 0.353. The highest BCUT2D eigenvalue weighted by molar-refractivity contribution is 5.98. The summed E-state index contributed by atoms with van der Waals surface area (Å²) in [5, 5.41) is 24.9. The van der Waals surface area contributed by atoms with E-state index in [-0.39, 0.29) is 17.5 Å². The lowest BCUT2D eigenvalue weighted by molar-refractivity contribution is -0.0279. The van der Waals surface area contributed by atoms with Crippen LogP contribution in [-0.4, -0.2) is 54.6 Å². The number of hydrogen-bond acceptors (Lipinski definition) is 6. The lowest BCUT2D eigenvalue weighted by Crippen LogP contribution is -2.45. The number of tetrazole rings is 1. The number of amides is 1. The molecule has 2 N–H and O–H groups in total. The number of aryl methyl sites for hydroxylation is 1. The molecule has 4 rings (SSSR count). The van der Waals surface area contributed by atoms with Gasteiger partial charge in [0.25, 0.3) is 5.91 Å². The number of halogens is 1. The van der Waals surface area contributed by atoms with E-state index < -0.39 is 5.60 Å². The average Bonchev–Trinajstić information content (AvgIpc) is 3.17. The summed E-state index contributed by atoms with van der Waals surface area (Å²) in [4.78, 5) is 18.9. The van der Waals surface area contributed by atoms with Gasteiger partial charge in [-0.05, 0) is 25.1 Å². The smallest absolute Gasteiger partial charge is 0.255 e. The Balaban J connectivity index is 1.56. The van der Waals surface area contributed by atoms with Gasteiger partial charge >= 0.3 is 0 Å². The molecule has 0 unspecified atom stereocenters. The first-order chi connectivity index (χ1) is 12.5. The topological polar surface area (TPSA) is 108 Å². The molecule has 8 nitrogen and oxygen atoms in total. The maximum Gasteiger partial charge on any atom is 0.255 e. The van der Waals surface area contributed by atoms with Gasteiger partial charge in [-0.25, -0.2) is 4.39 Å². The predicted molar refractivity (Wildman–Crippen MR) is 89.7 cm³/mol. The maximum absolute atomic E-state index is 13.4. The molecule has 0 saturated carbocycles. The van der Waals surface area contributed by atoms with Crippen LogP contribution in [0.5, 0.6) is 0 Å². The maximum atomic E-state index is 13.4. The van der Waals surface area contributed by atoms with E-state index in [4.69, 9.17) is 0 Å². The Labute approximate surface area is 148 Å². The van der Waals surface area contributed by atoms with E-state index >= 15 is 0 Å². The monoisotopic (exact) mass is 356 g/mol. The Morgan fingerprint density at radius 1 is 1.31 bits per heavy atom. The first-order valence-electron chi connectivity index (χ1n) is 8.29. The molecule has 0 atom stereocenters. The molecule has 134 valence electrons. The number of aliphatic hydroxyl groups is 1. The Morgan fingerprint density at radius 3 is 2.77 bits per heavy atom. The number of hydrogen-bond donors (Lipinski definition) is 2. The number of benzene rings is 1. The minimum absolute atomic E-state index is 0.156. The fourth-order valence-corrected chi connectivity index (χ4v) is 3.29. The number of rotatable bonds is 2. The van der Waals surface area contributed by atoms with Gasteiger partial charge in [-0.15, -0.1) is 10.2 Å². The van der Waals surface area contributed by atoms with Crippen molar-refractivity contribution in [2.24, 2.45) is 0 Å². The van der Waals surface area contributed by atoms with E-state index in [0.717, 1.165) is 0 Å². The molecular formula is C17H17FN6O2. The molecule has 1 saturated heterocycles. The van der Waals surface area contributed by atoms with Gasteiger partial charge in [0, 0.05) is 37.4 Å². The van der Waals surface area contributed by atoms with E-state index in [1.165, 1.54) is 12.1 Å². The van der Waals surface area contributed by atoms with Crippen molar-refractivity contribution < 1.29 is 14.3 Å². The summed E-state index contributed by atoms with van der Waals surface area (Å²) < 4.78 is 13.4. The molecule has 3 heterocycles. The molecule has 0 bridgehead atoms. The van der Waals surface area contributed by atoms with E-state index in [2.05, 4.69) is 25.6 Å². The van der Waals surface area contributed by atoms with Gasteiger partial charge in [-0.3, -0.25) is 9.78 Å². The number of likely N-dealkylation sites (tertiary alicyclic amines) is 1. The number of aromatic amines is 1. The number of fused-ring (bicyclic) bond motifs is 1. The lowest BCUT2D eigenvalue weighted by atomic mass is 9.90. The van der Waals surface area contributed by atoms with Crippen LogP contribution in [0.2, 0.25) is 0 Å². The quantitative estimate of drug-likeness (QED) is 0.717. The van der Waals surface area contributed by atoms with E-state index in [0.29, 0.717) is 48.1 Å². The zero-order valence-electron chi connectivity index (χ0n) is 14.1. The molecule has 1 aliphatic rings. The third-order valence-electron chi connectivity index (χ3n) is 4.84. The molecule has 1 fully saturated rings. The van der Waals surface area contributed by atoms with Gasteiger partial charge in [0.15, 0.2) is 0 Å². The molecule has 0 spiro atoms. The van der Waals surface area contributed by atoms with Crippen molar-refractivity contribution in [1.29, 1.82) is 0 Å². The molecule has 0 aliphatic carbocycles. The van der Waals surface area contributed by atoms with Crippen LogP contribution in [0.25, 0.3) is 10.9 Å². The average molecular weight is 356 g/mol. The van der Waals surface area contributed by atoms with Gasteiger partial charge in [0.05, 0.1) is 16.8 Å². The Bertz CT molecular complexity index is 967. The SMILES string of the molecule is Cc1nc2cc(F)ccc2cc1C(=O)N1CCC(O)(c2nn[nH]n2)CC1. The van der Waals surface area contributed by atoms with Crippen LogP contribution in [0.3, 0.4) is 0 Å². The second kappa shape index (κ2) is 6.10. The molecule has 3 aromatic rings. The molecule has 0 radical (unpaired) electrons. The minimum Gasteiger partial charge on any atom is -0.382 e. The van der Waals surface area contributed by atoms with E-state index in [1.807, 2.05) is 0 Å². The molecule has 9 heteroatoms. The summed E-state index contributed by atoms with van der Waals surface area (Å²) in [5.41, 5.74) is 0.364. The molecule has 2 aromatic heterocycles. The van der Waals surface area contributed by atoms with E-state index in [9.17, 15) is 14.3 Å². The summed E-state index contributed by atoms with van der Waals surface area (Å²) in [6.45, 7) is 2.46. The predicted octanol–water partition coefficient (Wildman–Crippen LogP) is 1.32. The number of piperidine rings is 1. The highest BCUT2D eigenvalue weighted by Crippen LogP contribution is 2.31. The molecule has 26 heavy (non-hydrogen) atoms. The van der Waals surface area contributed by atoms with Crippen LogP contribution in [0.4, 0.5) is 4.39 Å². The zero-order chi connectivity index (χ0) is 18.3. The van der Waals surface area contributed by atoms with Crippen molar-refractivity contribution in [3.05, 3.63) is 47.2 Å². The van der Waals surface area contributed by atoms with Gasteiger partial charge in [-0.1, -0.05) is 5.21 Å². The van der Waals surface area contributed by atoms with Crippen molar-refractivity contribution >= 4 is 16.8 Å². The zero-order valence-corrected chi connectivity index (χ0v) is 14.1. The molecular weight excluding hydrogens is 339 g/mol. The van der Waals surface area contributed by atoms with Crippen LogP contribution in [-0.2, 0) is 5.60 Å². The Hall–Kier alpha value is -2.94. The number of pyridine rings is 1. The lowest BCUT2D eigenvalue weighted by Gasteiger charge is -2.36. The minimum atomic E-state index is -1.18. The molecule has 1 aliphatic heterocycles. The van der Waals surface area contributed by atoms with Gasteiger partial charge in [-0.2, -0.15) is 5.21 Å². The highest BCUT2D eigenvalue weighted by Gasteiger charge is 2.39. The fourth-order valence-electron chi connectivity index (χ4n) is 3.29. The summed E-state index contributed by atoms with van der Waals surface area (Å²) in [6, 6.07) is 6.04. The van der Waals surface area contributed by atoms with Crippen molar-refractivity contribution in [3.8, 4) is 0 Å². The van der Waals surface area contributed by atoms with Crippen LogP contribution in [0, 0.1) is 12.7 Å². The molecule has 1 aromatic carbocycles. The normalized spacial score (nSPS) is 16.8. The summed E-state index contributed by atoms with van der Waals surface area (Å²) >= 11 is 0. The summed E-state index contributed by atoms with van der Waals surface area (Å²) in [6.07, 6.45) is 0.646. The van der Waals surface area contributed by atoms with Crippen molar-refractivity contribution in [2.45, 2.75) is 25.4 Å². The van der Waals surface area contributed by atoms with Crippen molar-refractivity contribution in [2.75, 3.05) is 13.1 Å². The van der Waals surface area contributed by atoms with Crippen LogP contribution < -0.4 is 0 Å². The van der Waals surface area contributed by atoms with Crippen molar-refractivity contribution in [3.63, 3.8) is 0 Å².